The minimum Gasteiger partial charge on any atom is -0.393 e. The van der Waals surface area contributed by atoms with E-state index in [1.807, 2.05) is 25.1 Å². The molecule has 0 aromatic heterocycles. The molecule has 3 heteroatoms. The predicted molar refractivity (Wildman–Crippen MR) is 121 cm³/mol. The van der Waals surface area contributed by atoms with Gasteiger partial charge in [-0.1, -0.05) is 97.9 Å². The highest BCUT2D eigenvalue weighted by molar-refractivity contribution is 7.08. The van der Waals surface area contributed by atoms with Gasteiger partial charge in [0, 0.05) is 12.8 Å². The second-order valence-electron chi connectivity index (χ2n) is 7.62. The molecule has 1 aliphatic rings. The lowest BCUT2D eigenvalue weighted by Gasteiger charge is -2.35. The van der Waals surface area contributed by atoms with Gasteiger partial charge in [0.15, 0.2) is 0 Å². The Balaban J connectivity index is 2.03. The number of fused-ring (bicyclic) bond motifs is 1. The highest BCUT2D eigenvalue weighted by atomic mass is 28.4. The lowest BCUT2D eigenvalue weighted by Crippen LogP contribution is -2.67. The maximum atomic E-state index is 12.6. The van der Waals surface area contributed by atoms with E-state index in [-0.39, 0.29) is 5.78 Å². The molecule has 29 heavy (non-hydrogen) atoms. The van der Waals surface area contributed by atoms with E-state index in [4.69, 9.17) is 4.43 Å². The maximum Gasteiger partial charge on any atom is 0.289 e. The van der Waals surface area contributed by atoms with Crippen LogP contribution in [0.25, 0.3) is 0 Å². The molecule has 146 valence electrons. The van der Waals surface area contributed by atoms with E-state index >= 15 is 0 Å². The van der Waals surface area contributed by atoms with Crippen molar-refractivity contribution in [1.82, 2.24) is 0 Å². The minimum absolute atomic E-state index is 0.215. The Labute approximate surface area is 174 Å². The van der Waals surface area contributed by atoms with Gasteiger partial charge in [-0.3, -0.25) is 4.79 Å². The Morgan fingerprint density at radius 1 is 0.931 bits per heavy atom. The van der Waals surface area contributed by atoms with Crippen LogP contribution in [0.3, 0.4) is 0 Å². The molecule has 1 atom stereocenters. The molecular formula is C26H26O2Si. The first kappa shape index (κ1) is 19.6. The van der Waals surface area contributed by atoms with Crippen LogP contribution in [0.2, 0.25) is 0 Å². The van der Waals surface area contributed by atoms with Crippen LogP contribution in [0.4, 0.5) is 0 Å². The summed E-state index contributed by atoms with van der Waals surface area (Å²) in [5.74, 6) is 0.215. The normalized spacial score (nSPS) is 19.5. The zero-order chi connectivity index (χ0) is 20.3. The third-order valence-corrected chi connectivity index (χ3v) is 10.0. The van der Waals surface area contributed by atoms with Crippen LogP contribution in [0.5, 0.6) is 0 Å². The Hall–Kier alpha value is -2.75. The van der Waals surface area contributed by atoms with E-state index in [1.165, 1.54) is 15.6 Å². The van der Waals surface area contributed by atoms with E-state index in [1.54, 1.807) is 0 Å². The van der Waals surface area contributed by atoms with Crippen molar-refractivity contribution in [2.45, 2.75) is 31.8 Å². The number of hydrogen-bond acceptors (Lipinski definition) is 2. The molecule has 0 N–H and O–H groups in total. The van der Waals surface area contributed by atoms with Gasteiger partial charge in [0.25, 0.3) is 8.32 Å². The first-order valence-electron chi connectivity index (χ1n) is 10.2. The fourth-order valence-corrected chi connectivity index (χ4v) is 9.06. The number of carbonyl (C=O) groups excluding carboxylic acids is 1. The van der Waals surface area contributed by atoms with E-state index in [9.17, 15) is 4.79 Å². The minimum atomic E-state index is -2.76. The standard InChI is InChI=1S/C26H26O2Si/c1-3-19-26(20-21(27)4-2)24-17-11-12-18-25(24)29(28-26,22-13-7-5-8-14-22)23-15-9-6-10-16-23/h3,5-18H,1,4,19-20H2,2H3. The zero-order valence-corrected chi connectivity index (χ0v) is 17.8. The first-order valence-corrected chi connectivity index (χ1v) is 12.1. The SMILES string of the molecule is C=CCC1(CC(=O)CC)O[Si](c2ccccc2)(c2ccccc2)c2ccccc21. The third kappa shape index (κ3) is 3.20. The molecule has 0 radical (unpaired) electrons. The van der Waals surface area contributed by atoms with E-state index in [2.05, 4.69) is 79.4 Å². The number of hydrogen-bond donors (Lipinski definition) is 0. The summed E-state index contributed by atoms with van der Waals surface area (Å²) in [5.41, 5.74) is 0.477. The second kappa shape index (κ2) is 7.94. The monoisotopic (exact) mass is 398 g/mol. The third-order valence-electron chi connectivity index (χ3n) is 5.86. The average Bonchev–Trinajstić information content (AvgIpc) is 3.06. The maximum absolute atomic E-state index is 12.6. The summed E-state index contributed by atoms with van der Waals surface area (Å²) >= 11 is 0. The molecule has 0 spiro atoms. The van der Waals surface area contributed by atoms with Crippen LogP contribution < -0.4 is 15.6 Å². The number of carbonyl (C=O) groups is 1. The Morgan fingerprint density at radius 2 is 1.48 bits per heavy atom. The summed E-state index contributed by atoms with van der Waals surface area (Å²) in [5, 5.41) is 3.64. The largest absolute Gasteiger partial charge is 0.393 e. The molecular weight excluding hydrogens is 372 g/mol. The first-order chi connectivity index (χ1) is 14.2. The molecule has 0 fully saturated rings. The van der Waals surface area contributed by atoms with Crippen molar-refractivity contribution in [2.24, 2.45) is 0 Å². The summed E-state index contributed by atoms with van der Waals surface area (Å²) in [4.78, 5) is 12.6. The second-order valence-corrected chi connectivity index (χ2v) is 10.9. The van der Waals surface area contributed by atoms with Crippen LogP contribution in [0.15, 0.2) is 97.6 Å². The smallest absolute Gasteiger partial charge is 0.289 e. The number of ketones is 1. The van der Waals surface area contributed by atoms with E-state index in [0.717, 1.165) is 5.56 Å². The Kier molecular flexibility index (Phi) is 5.35. The van der Waals surface area contributed by atoms with E-state index < -0.39 is 13.9 Å². The molecule has 1 aliphatic heterocycles. The van der Waals surface area contributed by atoms with Gasteiger partial charge < -0.3 is 4.43 Å². The van der Waals surface area contributed by atoms with Gasteiger partial charge in [0.1, 0.15) is 5.78 Å². The summed E-state index contributed by atoms with van der Waals surface area (Å²) < 4.78 is 7.24. The number of rotatable bonds is 7. The summed E-state index contributed by atoms with van der Waals surface area (Å²) in [6, 6.07) is 29.5. The van der Waals surface area contributed by atoms with E-state index in [0.29, 0.717) is 19.3 Å². The van der Waals surface area contributed by atoms with Crippen molar-refractivity contribution >= 4 is 29.7 Å². The number of benzene rings is 3. The summed E-state index contributed by atoms with van der Waals surface area (Å²) in [6.45, 7) is 5.91. The fraction of sp³-hybridized carbons (Fsp3) is 0.192. The van der Waals surface area contributed by atoms with Crippen LogP contribution in [0.1, 0.15) is 31.7 Å². The van der Waals surface area contributed by atoms with Gasteiger partial charge in [-0.2, -0.15) is 0 Å². The highest BCUT2D eigenvalue weighted by Crippen LogP contribution is 2.42. The molecule has 3 aromatic carbocycles. The highest BCUT2D eigenvalue weighted by Gasteiger charge is 2.57. The average molecular weight is 399 g/mol. The van der Waals surface area contributed by atoms with Crippen LogP contribution >= 0.6 is 0 Å². The van der Waals surface area contributed by atoms with Gasteiger partial charge in [-0.05, 0) is 27.5 Å². The van der Waals surface area contributed by atoms with Crippen LogP contribution in [-0.4, -0.2) is 14.1 Å². The van der Waals surface area contributed by atoms with Gasteiger partial charge >= 0.3 is 0 Å². The van der Waals surface area contributed by atoms with Crippen molar-refractivity contribution in [1.29, 1.82) is 0 Å². The van der Waals surface area contributed by atoms with Crippen LogP contribution in [0, 0.1) is 0 Å². The molecule has 4 rings (SSSR count). The van der Waals surface area contributed by atoms with Crippen molar-refractivity contribution in [3.05, 3.63) is 103 Å². The topological polar surface area (TPSA) is 26.3 Å². The van der Waals surface area contributed by atoms with Crippen molar-refractivity contribution in [3.8, 4) is 0 Å². The molecule has 0 saturated heterocycles. The lowest BCUT2D eigenvalue weighted by molar-refractivity contribution is -0.122. The molecule has 2 nitrogen and oxygen atoms in total. The van der Waals surface area contributed by atoms with Gasteiger partial charge in [0.05, 0.1) is 5.60 Å². The number of Topliss-reactive ketones (excluding diaryl/α,β-unsaturated/α-hetero) is 1. The van der Waals surface area contributed by atoms with Gasteiger partial charge in [-0.25, -0.2) is 0 Å². The summed E-state index contributed by atoms with van der Waals surface area (Å²) in [6.07, 6.45) is 3.39. The van der Waals surface area contributed by atoms with Gasteiger partial charge in [0.2, 0.25) is 0 Å². The Morgan fingerprint density at radius 3 is 2.03 bits per heavy atom. The van der Waals surface area contributed by atoms with Crippen LogP contribution in [-0.2, 0) is 14.8 Å². The molecule has 0 bridgehead atoms. The van der Waals surface area contributed by atoms with Crippen molar-refractivity contribution in [2.75, 3.05) is 0 Å². The molecule has 0 aliphatic carbocycles. The molecule has 1 unspecified atom stereocenters. The molecule has 1 heterocycles. The quantitative estimate of drug-likeness (QED) is 0.447. The molecule has 0 saturated carbocycles. The lowest BCUT2D eigenvalue weighted by atomic mass is 9.85. The fourth-order valence-electron chi connectivity index (χ4n) is 4.56. The summed E-state index contributed by atoms with van der Waals surface area (Å²) in [7, 11) is -2.76. The predicted octanol–water partition coefficient (Wildman–Crippen LogP) is 3.82. The molecule has 0 amide bonds. The zero-order valence-electron chi connectivity index (χ0n) is 16.8. The molecule has 3 aromatic rings. The van der Waals surface area contributed by atoms with Crippen molar-refractivity contribution < 1.29 is 9.22 Å². The van der Waals surface area contributed by atoms with Crippen molar-refractivity contribution in [3.63, 3.8) is 0 Å². The van der Waals surface area contributed by atoms with Gasteiger partial charge in [-0.15, -0.1) is 6.58 Å². The Bertz CT molecular complexity index is 974.